The van der Waals surface area contributed by atoms with Gasteiger partial charge in [0, 0.05) is 47.2 Å². The molecule has 0 saturated carbocycles. The molecule has 0 amide bonds. The van der Waals surface area contributed by atoms with Crippen LogP contribution in [0.4, 0.5) is 0 Å². The van der Waals surface area contributed by atoms with Gasteiger partial charge in [-0.25, -0.2) is 0 Å². The van der Waals surface area contributed by atoms with Crippen LogP contribution in [0, 0.1) is 5.92 Å². The molecule has 1 fully saturated rings. The van der Waals surface area contributed by atoms with E-state index in [0.717, 1.165) is 31.3 Å². The molecule has 1 aliphatic rings. The summed E-state index contributed by atoms with van der Waals surface area (Å²) in [6.07, 6.45) is 8.75. The van der Waals surface area contributed by atoms with E-state index in [0.29, 0.717) is 19.4 Å². The van der Waals surface area contributed by atoms with Crippen LogP contribution in [0.2, 0.25) is 0 Å². The SMILES string of the molecule is COC(CC=C(C)C)(OC)C(C)CCC[C@]1(C)OC/C(=C/CO)CCC1(OC)OC. The van der Waals surface area contributed by atoms with Gasteiger partial charge in [-0.05, 0) is 52.0 Å². The molecule has 0 aromatic rings. The molecular weight excluding hydrogens is 384 g/mol. The fourth-order valence-electron chi connectivity index (χ4n) is 4.46. The molecule has 1 aliphatic heterocycles. The lowest BCUT2D eigenvalue weighted by molar-refractivity contribution is -0.307. The molecule has 1 saturated heterocycles. The van der Waals surface area contributed by atoms with Crippen molar-refractivity contribution in [3.63, 3.8) is 0 Å². The highest BCUT2D eigenvalue weighted by molar-refractivity contribution is 5.09. The van der Waals surface area contributed by atoms with Crippen molar-refractivity contribution in [3.05, 3.63) is 23.3 Å². The highest BCUT2D eigenvalue weighted by Gasteiger charge is 2.51. The normalized spacial score (nSPS) is 24.5. The van der Waals surface area contributed by atoms with E-state index >= 15 is 0 Å². The minimum absolute atomic E-state index is 0.0156. The summed E-state index contributed by atoms with van der Waals surface area (Å²) in [5.41, 5.74) is 1.72. The molecule has 1 unspecified atom stereocenters. The van der Waals surface area contributed by atoms with Crippen molar-refractivity contribution in [3.8, 4) is 0 Å². The molecule has 30 heavy (non-hydrogen) atoms. The summed E-state index contributed by atoms with van der Waals surface area (Å²) in [7, 11) is 6.78. The highest BCUT2D eigenvalue weighted by Crippen LogP contribution is 2.42. The van der Waals surface area contributed by atoms with E-state index in [1.54, 1.807) is 28.4 Å². The largest absolute Gasteiger partial charge is 0.392 e. The molecule has 0 bridgehead atoms. The third kappa shape index (κ3) is 6.38. The van der Waals surface area contributed by atoms with Crippen molar-refractivity contribution in [1.82, 2.24) is 0 Å². The van der Waals surface area contributed by atoms with E-state index in [-0.39, 0.29) is 12.5 Å². The van der Waals surface area contributed by atoms with Gasteiger partial charge in [0.2, 0.25) is 0 Å². The van der Waals surface area contributed by atoms with Gasteiger partial charge in [-0.1, -0.05) is 24.6 Å². The number of hydrogen-bond acceptors (Lipinski definition) is 6. The van der Waals surface area contributed by atoms with E-state index in [1.165, 1.54) is 5.57 Å². The van der Waals surface area contributed by atoms with Crippen molar-refractivity contribution >= 4 is 0 Å². The van der Waals surface area contributed by atoms with Crippen molar-refractivity contribution in [2.24, 2.45) is 5.92 Å². The topological polar surface area (TPSA) is 66.4 Å². The Bertz CT molecular complexity index is 558. The molecule has 1 rings (SSSR count). The summed E-state index contributed by atoms with van der Waals surface area (Å²) >= 11 is 0. The van der Waals surface area contributed by atoms with Crippen LogP contribution in [0.5, 0.6) is 0 Å². The van der Waals surface area contributed by atoms with Gasteiger partial charge < -0.3 is 28.8 Å². The Morgan fingerprint density at radius 3 is 2.33 bits per heavy atom. The second-order valence-electron chi connectivity index (χ2n) is 8.72. The number of ether oxygens (including phenoxy) is 5. The number of aliphatic hydroxyl groups is 1. The number of hydrogen-bond donors (Lipinski definition) is 1. The summed E-state index contributed by atoms with van der Waals surface area (Å²) in [4.78, 5) is 0. The Kier molecular flexibility index (Phi) is 11.2. The predicted octanol–water partition coefficient (Wildman–Crippen LogP) is 4.62. The van der Waals surface area contributed by atoms with Crippen LogP contribution in [-0.4, -0.2) is 63.9 Å². The van der Waals surface area contributed by atoms with Crippen LogP contribution >= 0.6 is 0 Å². The fraction of sp³-hybridized carbons (Fsp3) is 0.833. The quantitative estimate of drug-likeness (QED) is 0.362. The molecule has 6 heteroatoms. The summed E-state index contributed by atoms with van der Waals surface area (Å²) in [6.45, 7) is 8.89. The molecule has 0 aromatic carbocycles. The maximum absolute atomic E-state index is 9.27. The first-order chi connectivity index (χ1) is 14.2. The molecule has 0 aromatic heterocycles. The number of allylic oxidation sites excluding steroid dienone is 1. The lowest BCUT2D eigenvalue weighted by Crippen LogP contribution is -2.56. The van der Waals surface area contributed by atoms with E-state index < -0.39 is 17.2 Å². The molecule has 0 spiro atoms. The molecule has 2 atom stereocenters. The van der Waals surface area contributed by atoms with Gasteiger partial charge in [0.05, 0.1) is 13.2 Å². The van der Waals surface area contributed by atoms with E-state index in [4.69, 9.17) is 23.7 Å². The van der Waals surface area contributed by atoms with Crippen molar-refractivity contribution < 1.29 is 28.8 Å². The van der Waals surface area contributed by atoms with Gasteiger partial charge in [-0.3, -0.25) is 0 Å². The standard InChI is InChI=1S/C24H44O6/c1-19(2)11-15-23(26-5,27-6)20(3)10-9-14-22(4)24(28-7,29-8)16-12-21(13-17-25)18-30-22/h11,13,20,25H,9-10,12,14-18H2,1-8H3/b21-13+/t20?,22-/m0/s1. The van der Waals surface area contributed by atoms with E-state index in [1.807, 2.05) is 6.08 Å². The first kappa shape index (κ1) is 27.3. The molecular formula is C24H44O6. The van der Waals surface area contributed by atoms with Gasteiger partial charge in [0.15, 0.2) is 11.6 Å². The van der Waals surface area contributed by atoms with Crippen LogP contribution in [0.3, 0.4) is 0 Å². The van der Waals surface area contributed by atoms with E-state index in [9.17, 15) is 5.11 Å². The van der Waals surface area contributed by atoms with Crippen LogP contribution in [0.15, 0.2) is 23.3 Å². The average molecular weight is 429 g/mol. The first-order valence-electron chi connectivity index (χ1n) is 10.9. The predicted molar refractivity (Wildman–Crippen MR) is 119 cm³/mol. The second-order valence-corrected chi connectivity index (χ2v) is 8.72. The van der Waals surface area contributed by atoms with Crippen LogP contribution in [0.1, 0.15) is 66.2 Å². The number of rotatable bonds is 12. The van der Waals surface area contributed by atoms with E-state index in [2.05, 4.69) is 33.8 Å². The first-order valence-corrected chi connectivity index (χ1v) is 10.9. The van der Waals surface area contributed by atoms with Crippen molar-refractivity contribution in [1.29, 1.82) is 0 Å². The minimum Gasteiger partial charge on any atom is -0.392 e. The molecule has 0 radical (unpaired) electrons. The maximum Gasteiger partial charge on any atom is 0.197 e. The Labute approximate surface area is 183 Å². The lowest BCUT2D eigenvalue weighted by Gasteiger charge is -2.45. The van der Waals surface area contributed by atoms with Gasteiger partial charge in [-0.2, -0.15) is 0 Å². The molecule has 1 heterocycles. The molecule has 1 N–H and O–H groups in total. The second kappa shape index (κ2) is 12.3. The van der Waals surface area contributed by atoms with Gasteiger partial charge in [0.25, 0.3) is 0 Å². The maximum atomic E-state index is 9.27. The molecule has 0 aliphatic carbocycles. The smallest absolute Gasteiger partial charge is 0.197 e. The molecule has 176 valence electrons. The number of methoxy groups -OCH3 is 4. The van der Waals surface area contributed by atoms with Crippen molar-refractivity contribution in [2.45, 2.75) is 83.4 Å². The van der Waals surface area contributed by atoms with Gasteiger partial charge in [0.1, 0.15) is 5.60 Å². The third-order valence-corrected chi connectivity index (χ3v) is 6.72. The summed E-state index contributed by atoms with van der Waals surface area (Å²) in [5, 5.41) is 9.27. The average Bonchev–Trinajstić information content (AvgIpc) is 2.86. The number of aliphatic hydroxyl groups excluding tert-OH is 1. The van der Waals surface area contributed by atoms with Crippen molar-refractivity contribution in [2.75, 3.05) is 41.7 Å². The Morgan fingerprint density at radius 2 is 1.83 bits per heavy atom. The zero-order valence-electron chi connectivity index (χ0n) is 20.4. The van der Waals surface area contributed by atoms with Crippen LogP contribution in [-0.2, 0) is 23.7 Å². The van der Waals surface area contributed by atoms with Crippen LogP contribution < -0.4 is 0 Å². The molecule has 6 nitrogen and oxygen atoms in total. The third-order valence-electron chi connectivity index (χ3n) is 6.72. The Balaban J connectivity index is 2.92. The van der Waals surface area contributed by atoms with Gasteiger partial charge in [-0.15, -0.1) is 0 Å². The monoisotopic (exact) mass is 428 g/mol. The highest BCUT2D eigenvalue weighted by atomic mass is 16.7. The fourth-order valence-corrected chi connectivity index (χ4v) is 4.46. The van der Waals surface area contributed by atoms with Crippen LogP contribution in [0.25, 0.3) is 0 Å². The van der Waals surface area contributed by atoms with Gasteiger partial charge >= 0.3 is 0 Å². The summed E-state index contributed by atoms with van der Waals surface area (Å²) in [6, 6.07) is 0. The zero-order chi connectivity index (χ0) is 22.8. The zero-order valence-corrected chi connectivity index (χ0v) is 20.4. The Morgan fingerprint density at radius 1 is 1.20 bits per heavy atom. The Hall–Kier alpha value is -0.760. The minimum atomic E-state index is -0.830. The lowest BCUT2D eigenvalue weighted by atomic mass is 9.83. The summed E-state index contributed by atoms with van der Waals surface area (Å²) < 4.78 is 29.8. The summed E-state index contributed by atoms with van der Waals surface area (Å²) in [5.74, 6) is -1.27.